The van der Waals surface area contributed by atoms with Gasteiger partial charge in [0.1, 0.15) is 0 Å². The SMILES string of the molecule is Cc1nc(C(C)Nc2cc(Cl)c(O)c(Cl)c2)c(C)s1. The lowest BCUT2D eigenvalue weighted by atomic mass is 10.2. The highest BCUT2D eigenvalue weighted by atomic mass is 35.5. The summed E-state index contributed by atoms with van der Waals surface area (Å²) in [5.41, 5.74) is 1.77. The van der Waals surface area contributed by atoms with E-state index in [9.17, 15) is 5.11 Å². The molecule has 0 radical (unpaired) electrons. The Labute approximate surface area is 126 Å². The maximum atomic E-state index is 9.53. The summed E-state index contributed by atoms with van der Waals surface area (Å²) < 4.78 is 0. The van der Waals surface area contributed by atoms with Crippen LogP contribution in [0, 0.1) is 13.8 Å². The van der Waals surface area contributed by atoms with E-state index < -0.39 is 0 Å². The lowest BCUT2D eigenvalue weighted by Gasteiger charge is -2.15. The number of hydrogen-bond donors (Lipinski definition) is 2. The molecule has 1 unspecified atom stereocenters. The number of halogens is 2. The van der Waals surface area contributed by atoms with Gasteiger partial charge in [-0.1, -0.05) is 23.2 Å². The zero-order valence-corrected chi connectivity index (χ0v) is 13.1. The minimum Gasteiger partial charge on any atom is -0.505 e. The van der Waals surface area contributed by atoms with Crippen molar-refractivity contribution >= 4 is 40.2 Å². The second-order valence-electron chi connectivity index (χ2n) is 4.33. The molecule has 0 saturated heterocycles. The molecule has 6 heteroatoms. The Balaban J connectivity index is 2.24. The van der Waals surface area contributed by atoms with Gasteiger partial charge in [0.2, 0.25) is 0 Å². The molecule has 0 aliphatic carbocycles. The number of nitrogens with one attached hydrogen (secondary N) is 1. The van der Waals surface area contributed by atoms with Crippen LogP contribution in [-0.4, -0.2) is 10.1 Å². The summed E-state index contributed by atoms with van der Waals surface area (Å²) in [6, 6.07) is 3.34. The molecule has 0 amide bonds. The summed E-state index contributed by atoms with van der Waals surface area (Å²) in [4.78, 5) is 5.70. The van der Waals surface area contributed by atoms with Crippen molar-refractivity contribution in [2.45, 2.75) is 26.8 Å². The highest BCUT2D eigenvalue weighted by Crippen LogP contribution is 2.36. The van der Waals surface area contributed by atoms with Gasteiger partial charge in [-0.15, -0.1) is 11.3 Å². The second-order valence-corrected chi connectivity index (χ2v) is 6.55. The first-order valence-corrected chi connectivity index (χ1v) is 7.34. The van der Waals surface area contributed by atoms with Gasteiger partial charge in [0, 0.05) is 10.6 Å². The average Bonchev–Trinajstić information content (AvgIpc) is 2.65. The van der Waals surface area contributed by atoms with Gasteiger partial charge in [-0.25, -0.2) is 4.98 Å². The fourth-order valence-electron chi connectivity index (χ4n) is 1.91. The van der Waals surface area contributed by atoms with E-state index >= 15 is 0 Å². The van der Waals surface area contributed by atoms with Crippen LogP contribution in [0.3, 0.4) is 0 Å². The minimum absolute atomic E-state index is 0.0432. The van der Waals surface area contributed by atoms with Gasteiger partial charge in [0.15, 0.2) is 5.75 Å². The molecule has 2 aromatic rings. The molecule has 1 aromatic carbocycles. The van der Waals surface area contributed by atoms with Crippen molar-refractivity contribution in [2.75, 3.05) is 5.32 Å². The van der Waals surface area contributed by atoms with Gasteiger partial charge >= 0.3 is 0 Å². The zero-order chi connectivity index (χ0) is 14.2. The molecule has 0 saturated carbocycles. The number of nitrogens with zero attached hydrogens (tertiary/aromatic N) is 1. The third-order valence-corrected chi connectivity index (χ3v) is 4.23. The van der Waals surface area contributed by atoms with Crippen molar-refractivity contribution in [3.63, 3.8) is 0 Å². The van der Waals surface area contributed by atoms with Crippen molar-refractivity contribution < 1.29 is 5.11 Å². The Kier molecular flexibility index (Phi) is 4.23. The molecular weight excluding hydrogens is 303 g/mol. The average molecular weight is 317 g/mol. The molecule has 2 N–H and O–H groups in total. The van der Waals surface area contributed by atoms with Crippen molar-refractivity contribution in [3.05, 3.63) is 37.8 Å². The van der Waals surface area contributed by atoms with Crippen LogP contribution in [-0.2, 0) is 0 Å². The maximum absolute atomic E-state index is 9.53. The van der Waals surface area contributed by atoms with Crippen molar-refractivity contribution in [1.29, 1.82) is 0 Å². The van der Waals surface area contributed by atoms with Crippen LogP contribution < -0.4 is 5.32 Å². The third-order valence-electron chi connectivity index (χ3n) is 2.75. The highest BCUT2D eigenvalue weighted by Gasteiger charge is 2.14. The molecule has 0 aliphatic rings. The van der Waals surface area contributed by atoms with Crippen LogP contribution in [0.5, 0.6) is 5.75 Å². The predicted octanol–water partition coefficient (Wildman–Crippen LogP) is 4.95. The molecule has 0 bridgehead atoms. The molecule has 0 spiro atoms. The summed E-state index contributed by atoms with van der Waals surface area (Å²) >= 11 is 13.5. The first-order valence-electron chi connectivity index (χ1n) is 5.77. The number of anilines is 1. The first-order chi connectivity index (χ1) is 8.88. The van der Waals surface area contributed by atoms with Gasteiger partial charge in [-0.2, -0.15) is 0 Å². The first kappa shape index (κ1) is 14.4. The number of rotatable bonds is 3. The lowest BCUT2D eigenvalue weighted by molar-refractivity contribution is 0.476. The van der Waals surface area contributed by atoms with Gasteiger partial charge in [-0.05, 0) is 32.9 Å². The molecule has 1 aromatic heterocycles. The van der Waals surface area contributed by atoms with E-state index in [1.165, 1.54) is 4.88 Å². The van der Waals surface area contributed by atoms with Crippen molar-refractivity contribution in [1.82, 2.24) is 4.98 Å². The molecule has 3 nitrogen and oxygen atoms in total. The summed E-state index contributed by atoms with van der Waals surface area (Å²) in [7, 11) is 0. The largest absolute Gasteiger partial charge is 0.505 e. The topological polar surface area (TPSA) is 45.2 Å². The Morgan fingerprint density at radius 2 is 1.84 bits per heavy atom. The molecule has 1 atom stereocenters. The zero-order valence-electron chi connectivity index (χ0n) is 10.8. The van der Waals surface area contributed by atoms with Gasteiger partial charge < -0.3 is 10.4 Å². The monoisotopic (exact) mass is 316 g/mol. The van der Waals surface area contributed by atoms with E-state index in [0.29, 0.717) is 0 Å². The van der Waals surface area contributed by atoms with Crippen molar-refractivity contribution in [3.8, 4) is 5.75 Å². The standard InChI is InChI=1S/C13H14Cl2N2OS/c1-6(12-7(2)19-8(3)17-12)16-9-4-10(14)13(18)11(15)5-9/h4-6,16,18H,1-3H3. The van der Waals surface area contributed by atoms with Gasteiger partial charge in [0.25, 0.3) is 0 Å². The number of hydrogen-bond acceptors (Lipinski definition) is 4. The highest BCUT2D eigenvalue weighted by molar-refractivity contribution is 7.11. The number of aromatic hydroxyl groups is 1. The van der Waals surface area contributed by atoms with E-state index in [-0.39, 0.29) is 21.8 Å². The number of phenolic OH excluding ortho intramolecular Hbond substituents is 1. The molecule has 19 heavy (non-hydrogen) atoms. The maximum Gasteiger partial charge on any atom is 0.152 e. The molecule has 0 aliphatic heterocycles. The van der Waals surface area contributed by atoms with E-state index in [1.807, 2.05) is 13.8 Å². The van der Waals surface area contributed by atoms with Crippen LogP contribution >= 0.6 is 34.5 Å². The van der Waals surface area contributed by atoms with Crippen LogP contribution in [0.2, 0.25) is 10.0 Å². The lowest BCUT2D eigenvalue weighted by Crippen LogP contribution is -2.08. The second kappa shape index (κ2) is 5.57. The minimum atomic E-state index is -0.0952. The number of benzene rings is 1. The Hall–Kier alpha value is -0.970. The number of thiazole rings is 1. The third kappa shape index (κ3) is 3.14. The van der Waals surface area contributed by atoms with E-state index in [0.717, 1.165) is 16.4 Å². The Morgan fingerprint density at radius 1 is 1.26 bits per heavy atom. The fraction of sp³-hybridized carbons (Fsp3) is 0.308. The molecular formula is C13H14Cl2N2OS. The fourth-order valence-corrected chi connectivity index (χ4v) is 3.32. The number of phenols is 1. The van der Waals surface area contributed by atoms with E-state index in [2.05, 4.69) is 17.2 Å². The van der Waals surface area contributed by atoms with Crippen LogP contribution in [0.25, 0.3) is 0 Å². The van der Waals surface area contributed by atoms with Crippen LogP contribution in [0.1, 0.15) is 28.5 Å². The Bertz CT molecular complexity index is 590. The summed E-state index contributed by atoms with van der Waals surface area (Å²) in [6.07, 6.45) is 0. The smallest absolute Gasteiger partial charge is 0.152 e. The van der Waals surface area contributed by atoms with Crippen molar-refractivity contribution in [2.24, 2.45) is 0 Å². The number of aryl methyl sites for hydroxylation is 2. The normalized spacial score (nSPS) is 12.5. The summed E-state index contributed by atoms with van der Waals surface area (Å²) in [5, 5.41) is 14.3. The number of aromatic nitrogens is 1. The van der Waals surface area contributed by atoms with Crippen LogP contribution in [0.15, 0.2) is 12.1 Å². The molecule has 2 rings (SSSR count). The molecule has 1 heterocycles. The predicted molar refractivity (Wildman–Crippen MR) is 81.8 cm³/mol. The summed E-state index contributed by atoms with van der Waals surface area (Å²) in [5.74, 6) is -0.0952. The van der Waals surface area contributed by atoms with E-state index in [1.54, 1.807) is 23.5 Å². The molecule has 102 valence electrons. The Morgan fingerprint density at radius 3 is 2.32 bits per heavy atom. The quantitative estimate of drug-likeness (QED) is 0.788. The van der Waals surface area contributed by atoms with Gasteiger partial charge in [-0.3, -0.25) is 0 Å². The van der Waals surface area contributed by atoms with Crippen LogP contribution in [0.4, 0.5) is 5.69 Å². The molecule has 0 fully saturated rings. The summed E-state index contributed by atoms with van der Waals surface area (Å²) in [6.45, 7) is 6.06. The van der Waals surface area contributed by atoms with E-state index in [4.69, 9.17) is 23.2 Å². The van der Waals surface area contributed by atoms with Gasteiger partial charge in [0.05, 0.1) is 26.8 Å².